The van der Waals surface area contributed by atoms with Crippen LogP contribution in [-0.2, 0) is 6.54 Å². The lowest BCUT2D eigenvalue weighted by molar-refractivity contribution is -0.00518. The molecule has 1 aromatic heterocycles. The van der Waals surface area contributed by atoms with Gasteiger partial charge in [0.05, 0.1) is 0 Å². The Balaban J connectivity index is 1.68. The molecule has 98 valence electrons. The molecule has 5 heteroatoms. The zero-order chi connectivity index (χ0) is 12.9. The summed E-state index contributed by atoms with van der Waals surface area (Å²) in [7, 11) is 1.94. The molecule has 0 bridgehead atoms. The highest BCUT2D eigenvalue weighted by molar-refractivity contribution is 5.43. The molecule has 2 saturated carbocycles. The molecular formula is C13H17F2N3. The molecule has 0 spiro atoms. The summed E-state index contributed by atoms with van der Waals surface area (Å²) < 4.78 is 26.2. The lowest BCUT2D eigenvalue weighted by Crippen LogP contribution is -2.28. The minimum atomic E-state index is -2.44. The molecule has 3 nitrogen and oxygen atoms in total. The molecule has 2 aliphatic carbocycles. The molecule has 3 atom stereocenters. The Morgan fingerprint density at radius 2 is 2.06 bits per heavy atom. The Morgan fingerprint density at radius 3 is 2.56 bits per heavy atom. The quantitative estimate of drug-likeness (QED) is 0.896. The number of nitrogens with zero attached hydrogens (tertiary/aromatic N) is 2. The fraction of sp³-hybridized carbons (Fsp3) is 0.615. The number of pyridine rings is 1. The molecule has 2 fully saturated rings. The van der Waals surface area contributed by atoms with Crippen molar-refractivity contribution in [3.05, 3.63) is 23.9 Å². The van der Waals surface area contributed by atoms with Crippen molar-refractivity contribution in [3.8, 4) is 0 Å². The van der Waals surface area contributed by atoms with Gasteiger partial charge < -0.3 is 10.6 Å². The predicted octanol–water partition coefficient (Wildman–Crippen LogP) is 2.02. The zero-order valence-corrected chi connectivity index (χ0v) is 10.3. The number of rotatable bonds is 3. The second kappa shape index (κ2) is 3.88. The van der Waals surface area contributed by atoms with Crippen LogP contribution in [0.2, 0.25) is 0 Å². The standard InChI is InChI=1S/C13H17F2N3/c1-18(11-3-2-8(6-16)7-17-11)12-9-4-13(14,15)5-10(9)12/h2-3,7,9-10,12H,4-6,16H2,1H3/t9-,10+,12+. The first-order chi connectivity index (χ1) is 8.52. The summed E-state index contributed by atoms with van der Waals surface area (Å²) in [5, 5.41) is 0. The molecule has 0 aromatic carbocycles. The molecule has 1 aromatic rings. The fourth-order valence-corrected chi connectivity index (χ4v) is 3.22. The first-order valence-electron chi connectivity index (χ1n) is 6.27. The topological polar surface area (TPSA) is 42.1 Å². The highest BCUT2D eigenvalue weighted by atomic mass is 19.3. The highest BCUT2D eigenvalue weighted by Gasteiger charge is 2.64. The van der Waals surface area contributed by atoms with E-state index in [1.54, 1.807) is 6.20 Å². The van der Waals surface area contributed by atoms with Gasteiger partial charge in [0.15, 0.2) is 0 Å². The van der Waals surface area contributed by atoms with Crippen molar-refractivity contribution >= 4 is 5.82 Å². The average molecular weight is 253 g/mol. The van der Waals surface area contributed by atoms with Crippen LogP contribution in [0.4, 0.5) is 14.6 Å². The van der Waals surface area contributed by atoms with E-state index in [4.69, 9.17) is 5.73 Å². The summed E-state index contributed by atoms with van der Waals surface area (Å²) in [6, 6.07) is 4.08. The molecule has 3 rings (SSSR count). The van der Waals surface area contributed by atoms with Crippen molar-refractivity contribution in [2.24, 2.45) is 17.6 Å². The van der Waals surface area contributed by atoms with E-state index in [1.807, 2.05) is 24.1 Å². The van der Waals surface area contributed by atoms with Gasteiger partial charge in [-0.1, -0.05) is 6.07 Å². The molecule has 1 heterocycles. The van der Waals surface area contributed by atoms with Crippen molar-refractivity contribution in [3.63, 3.8) is 0 Å². The van der Waals surface area contributed by atoms with Crippen LogP contribution >= 0.6 is 0 Å². The van der Waals surface area contributed by atoms with Crippen molar-refractivity contribution in [1.29, 1.82) is 0 Å². The van der Waals surface area contributed by atoms with Gasteiger partial charge in [-0.15, -0.1) is 0 Å². The van der Waals surface area contributed by atoms with Crippen LogP contribution in [-0.4, -0.2) is 24.0 Å². The number of anilines is 1. The highest BCUT2D eigenvalue weighted by Crippen LogP contribution is 2.60. The summed E-state index contributed by atoms with van der Waals surface area (Å²) in [6.07, 6.45) is 1.82. The normalized spacial score (nSPS) is 32.1. The van der Waals surface area contributed by atoms with Crippen LogP contribution < -0.4 is 10.6 Å². The van der Waals surface area contributed by atoms with Gasteiger partial charge in [-0.05, 0) is 23.5 Å². The number of nitrogens with two attached hydrogens (primary N) is 1. The monoisotopic (exact) mass is 253 g/mol. The molecular weight excluding hydrogens is 236 g/mol. The van der Waals surface area contributed by atoms with E-state index in [1.165, 1.54) is 0 Å². The minimum absolute atomic E-state index is 0.0353. The average Bonchev–Trinajstić information content (AvgIpc) is 2.87. The second-order valence-electron chi connectivity index (χ2n) is 5.42. The van der Waals surface area contributed by atoms with Crippen molar-refractivity contribution in [2.45, 2.75) is 31.4 Å². The van der Waals surface area contributed by atoms with Crippen LogP contribution in [0.1, 0.15) is 18.4 Å². The lowest BCUT2D eigenvalue weighted by atomic mass is 10.1. The van der Waals surface area contributed by atoms with E-state index in [-0.39, 0.29) is 30.7 Å². The Kier molecular flexibility index (Phi) is 2.55. The van der Waals surface area contributed by atoms with E-state index >= 15 is 0 Å². The maximum Gasteiger partial charge on any atom is 0.248 e. The first kappa shape index (κ1) is 11.8. The van der Waals surface area contributed by atoms with Gasteiger partial charge >= 0.3 is 0 Å². The summed E-state index contributed by atoms with van der Waals surface area (Å²) in [6.45, 7) is 0.470. The molecule has 0 radical (unpaired) electrons. The van der Waals surface area contributed by atoms with Gasteiger partial charge in [-0.3, -0.25) is 0 Å². The summed E-state index contributed by atoms with van der Waals surface area (Å²) in [5.74, 6) is -1.32. The first-order valence-corrected chi connectivity index (χ1v) is 6.27. The van der Waals surface area contributed by atoms with Gasteiger partial charge in [0.25, 0.3) is 0 Å². The van der Waals surface area contributed by atoms with E-state index in [9.17, 15) is 8.78 Å². The second-order valence-corrected chi connectivity index (χ2v) is 5.42. The van der Waals surface area contributed by atoms with Crippen LogP contribution in [0.3, 0.4) is 0 Å². The number of aromatic nitrogens is 1. The van der Waals surface area contributed by atoms with Crippen LogP contribution in [0.5, 0.6) is 0 Å². The number of halogens is 2. The van der Waals surface area contributed by atoms with Gasteiger partial charge in [0.2, 0.25) is 5.92 Å². The number of fused-ring (bicyclic) bond motifs is 1. The predicted molar refractivity (Wildman–Crippen MR) is 65.5 cm³/mol. The van der Waals surface area contributed by atoms with Crippen molar-refractivity contribution < 1.29 is 8.78 Å². The maximum atomic E-state index is 13.1. The lowest BCUT2D eigenvalue weighted by Gasteiger charge is -2.22. The van der Waals surface area contributed by atoms with Gasteiger partial charge in [-0.2, -0.15) is 0 Å². The summed E-state index contributed by atoms with van der Waals surface area (Å²) >= 11 is 0. The number of hydrogen-bond acceptors (Lipinski definition) is 3. The van der Waals surface area contributed by atoms with Crippen LogP contribution in [0.25, 0.3) is 0 Å². The Hall–Kier alpha value is -1.23. The third-order valence-corrected chi connectivity index (χ3v) is 4.21. The van der Waals surface area contributed by atoms with E-state index in [0.29, 0.717) is 6.54 Å². The van der Waals surface area contributed by atoms with Gasteiger partial charge in [0.1, 0.15) is 5.82 Å². The third kappa shape index (κ3) is 1.86. The molecule has 0 saturated heterocycles. The van der Waals surface area contributed by atoms with Gasteiger partial charge in [-0.25, -0.2) is 13.8 Å². The van der Waals surface area contributed by atoms with E-state index in [2.05, 4.69) is 4.98 Å². The fourth-order valence-electron chi connectivity index (χ4n) is 3.22. The Bertz CT molecular complexity index is 432. The molecule has 0 unspecified atom stereocenters. The zero-order valence-electron chi connectivity index (χ0n) is 10.3. The summed E-state index contributed by atoms with van der Waals surface area (Å²) in [5.41, 5.74) is 6.50. The van der Waals surface area contributed by atoms with Crippen LogP contribution in [0, 0.1) is 11.8 Å². The SMILES string of the molecule is CN(c1ccc(CN)cn1)[C@H]1[C@@H]2CC(F)(F)C[C@@H]21. The molecule has 0 aliphatic heterocycles. The largest absolute Gasteiger partial charge is 0.356 e. The van der Waals surface area contributed by atoms with Crippen molar-refractivity contribution in [1.82, 2.24) is 4.98 Å². The molecule has 18 heavy (non-hydrogen) atoms. The Morgan fingerprint density at radius 1 is 1.39 bits per heavy atom. The van der Waals surface area contributed by atoms with Crippen LogP contribution in [0.15, 0.2) is 18.3 Å². The number of hydrogen-bond donors (Lipinski definition) is 1. The van der Waals surface area contributed by atoms with E-state index in [0.717, 1.165) is 11.4 Å². The smallest absolute Gasteiger partial charge is 0.248 e. The summed E-state index contributed by atoms with van der Waals surface area (Å²) in [4.78, 5) is 6.37. The maximum absolute atomic E-state index is 13.1. The van der Waals surface area contributed by atoms with E-state index < -0.39 is 5.92 Å². The minimum Gasteiger partial charge on any atom is -0.356 e. The van der Waals surface area contributed by atoms with Gasteiger partial charge in [0, 0.05) is 38.7 Å². The number of alkyl halides is 2. The van der Waals surface area contributed by atoms with Crippen molar-refractivity contribution in [2.75, 3.05) is 11.9 Å². The molecule has 0 amide bonds. The third-order valence-electron chi connectivity index (χ3n) is 4.21. The molecule has 2 aliphatic rings. The molecule has 2 N–H and O–H groups in total. The Labute approximate surface area is 105 Å².